The summed E-state index contributed by atoms with van der Waals surface area (Å²) in [5, 5.41) is 14.4. The molecule has 11 heteroatoms. The Labute approximate surface area is 253 Å². The van der Waals surface area contributed by atoms with E-state index in [1.807, 2.05) is 59.2 Å². The van der Waals surface area contributed by atoms with E-state index in [0.29, 0.717) is 42.2 Å². The van der Waals surface area contributed by atoms with Crippen molar-refractivity contribution >= 4 is 11.2 Å². The number of aromatic amines is 1. The normalized spacial score (nSPS) is 11.8. The third-order valence-electron chi connectivity index (χ3n) is 7.47. The van der Waals surface area contributed by atoms with Gasteiger partial charge in [0.15, 0.2) is 17.0 Å². The quantitative estimate of drug-likeness (QED) is 0.263. The van der Waals surface area contributed by atoms with Gasteiger partial charge in [0.1, 0.15) is 5.82 Å². The Morgan fingerprint density at radius 3 is 2.23 bits per heavy atom. The number of H-pyrrole nitrogens is 1. The van der Waals surface area contributed by atoms with Crippen LogP contribution in [0.4, 0.5) is 0 Å². The molecule has 11 nitrogen and oxygen atoms in total. The van der Waals surface area contributed by atoms with Gasteiger partial charge in [0.05, 0.1) is 18.8 Å². The van der Waals surface area contributed by atoms with E-state index in [4.69, 9.17) is 9.72 Å². The molecule has 0 amide bonds. The van der Waals surface area contributed by atoms with Crippen molar-refractivity contribution in [2.45, 2.75) is 40.3 Å². The lowest BCUT2D eigenvalue weighted by Gasteiger charge is -2.19. The second-order valence-electron chi connectivity index (χ2n) is 11.9. The number of nitrogens with one attached hydrogen (secondary N) is 1. The van der Waals surface area contributed by atoms with Gasteiger partial charge in [0.2, 0.25) is 0 Å². The highest BCUT2D eigenvalue weighted by Crippen LogP contribution is 2.30. The Bertz CT molecular complexity index is 2020. The number of hydrogen-bond donors (Lipinski definition) is 1. The zero-order valence-corrected chi connectivity index (χ0v) is 25.2. The summed E-state index contributed by atoms with van der Waals surface area (Å²) in [6.45, 7) is 7.37. The van der Waals surface area contributed by atoms with E-state index in [9.17, 15) is 9.59 Å². The number of rotatable bonds is 9. The first-order valence-electron chi connectivity index (χ1n) is 14.5. The molecule has 0 atom stereocenters. The molecule has 3 aromatic heterocycles. The van der Waals surface area contributed by atoms with Crippen molar-refractivity contribution in [1.29, 1.82) is 0 Å². The van der Waals surface area contributed by atoms with Crippen molar-refractivity contribution in [2.24, 2.45) is 5.41 Å². The number of methoxy groups -OCH3 is 1. The van der Waals surface area contributed by atoms with Crippen molar-refractivity contribution in [3.63, 3.8) is 0 Å². The summed E-state index contributed by atoms with van der Waals surface area (Å²) in [4.78, 5) is 32.9. The van der Waals surface area contributed by atoms with Crippen molar-refractivity contribution in [3.8, 4) is 28.2 Å². The lowest BCUT2D eigenvalue weighted by Crippen LogP contribution is -2.40. The number of tetrazole rings is 1. The van der Waals surface area contributed by atoms with Crippen molar-refractivity contribution in [3.05, 3.63) is 111 Å². The zero-order chi connectivity index (χ0) is 30.8. The number of ether oxygens (including phenoxy) is 1. The van der Waals surface area contributed by atoms with Gasteiger partial charge in [0.25, 0.3) is 5.56 Å². The molecule has 0 bridgehead atoms. The van der Waals surface area contributed by atoms with E-state index in [-0.39, 0.29) is 12.0 Å². The Kier molecular flexibility index (Phi) is 7.79. The van der Waals surface area contributed by atoms with E-state index in [2.05, 4.69) is 53.5 Å². The monoisotopic (exact) mass is 590 g/mol. The number of para-hydroxylation sites is 1. The van der Waals surface area contributed by atoms with Crippen LogP contribution in [0.1, 0.15) is 32.2 Å². The maximum absolute atomic E-state index is 14.2. The molecule has 6 rings (SSSR count). The standard InChI is InChI=1S/C33H34N8O3/c1-33(2,3)20-27-34-30-28(31(42)41(24-10-6-5-7-11-24)32(43)39(30)18-19-44-4)40(27)21-22-14-16-23(17-15-22)25-12-8-9-13-26(25)29-35-37-38-36-29/h5-17H,18-21H2,1-4H3,(H,35,36,37,38). The molecular formula is C33H34N8O3. The predicted octanol–water partition coefficient (Wildman–Crippen LogP) is 4.48. The summed E-state index contributed by atoms with van der Waals surface area (Å²) in [6, 6.07) is 25.1. The van der Waals surface area contributed by atoms with Gasteiger partial charge in [0, 0.05) is 25.6 Å². The van der Waals surface area contributed by atoms with Gasteiger partial charge in [-0.25, -0.2) is 19.4 Å². The smallest absolute Gasteiger partial charge is 0.337 e. The average molecular weight is 591 g/mol. The zero-order valence-electron chi connectivity index (χ0n) is 25.2. The fourth-order valence-electron chi connectivity index (χ4n) is 5.44. The molecule has 224 valence electrons. The van der Waals surface area contributed by atoms with Crippen molar-refractivity contribution in [1.82, 2.24) is 39.3 Å². The number of aromatic nitrogens is 8. The van der Waals surface area contributed by atoms with Gasteiger partial charge in [-0.2, -0.15) is 0 Å². The minimum absolute atomic E-state index is 0.113. The van der Waals surface area contributed by atoms with E-state index < -0.39 is 11.2 Å². The molecule has 3 aromatic carbocycles. The largest absolute Gasteiger partial charge is 0.383 e. The first-order valence-corrected chi connectivity index (χ1v) is 14.5. The highest BCUT2D eigenvalue weighted by molar-refractivity contribution is 5.80. The van der Waals surface area contributed by atoms with Crippen LogP contribution in [0.15, 0.2) is 88.5 Å². The fraction of sp³-hybridized carbons (Fsp3) is 0.273. The molecule has 0 unspecified atom stereocenters. The van der Waals surface area contributed by atoms with Gasteiger partial charge in [-0.1, -0.05) is 87.5 Å². The number of imidazole rings is 1. The molecule has 0 aliphatic carbocycles. The van der Waals surface area contributed by atoms with Crippen molar-refractivity contribution in [2.75, 3.05) is 13.7 Å². The maximum Gasteiger partial charge on any atom is 0.337 e. The second-order valence-corrected chi connectivity index (χ2v) is 11.9. The topological polar surface area (TPSA) is 126 Å². The molecule has 3 heterocycles. The van der Waals surface area contributed by atoms with Crippen LogP contribution < -0.4 is 11.2 Å². The highest BCUT2D eigenvalue weighted by Gasteiger charge is 2.25. The Morgan fingerprint density at radius 1 is 0.864 bits per heavy atom. The lowest BCUT2D eigenvalue weighted by molar-refractivity contribution is 0.186. The van der Waals surface area contributed by atoms with Crippen LogP contribution in [0, 0.1) is 5.41 Å². The molecule has 0 saturated carbocycles. The summed E-state index contributed by atoms with van der Waals surface area (Å²) in [5.41, 5.74) is 4.19. The summed E-state index contributed by atoms with van der Waals surface area (Å²) < 4.78 is 10.1. The van der Waals surface area contributed by atoms with Gasteiger partial charge in [-0.15, -0.1) is 5.10 Å². The average Bonchev–Trinajstić information content (AvgIpc) is 3.66. The van der Waals surface area contributed by atoms with E-state index >= 15 is 0 Å². The van der Waals surface area contributed by atoms with Crippen LogP contribution in [0.5, 0.6) is 0 Å². The number of benzene rings is 3. The second kappa shape index (κ2) is 11.8. The number of nitrogens with zero attached hydrogens (tertiary/aromatic N) is 7. The third-order valence-corrected chi connectivity index (χ3v) is 7.47. The van der Waals surface area contributed by atoms with Crippen molar-refractivity contribution < 1.29 is 4.74 Å². The molecule has 44 heavy (non-hydrogen) atoms. The van der Waals surface area contributed by atoms with Crippen LogP contribution in [0.25, 0.3) is 39.4 Å². The lowest BCUT2D eigenvalue weighted by atomic mass is 9.92. The first-order chi connectivity index (χ1) is 21.2. The highest BCUT2D eigenvalue weighted by atomic mass is 16.5. The van der Waals surface area contributed by atoms with Crippen LogP contribution in [0.3, 0.4) is 0 Å². The number of fused-ring (bicyclic) bond motifs is 1. The van der Waals surface area contributed by atoms with E-state index in [0.717, 1.165) is 28.1 Å². The van der Waals surface area contributed by atoms with Gasteiger partial charge in [-0.3, -0.25) is 9.36 Å². The van der Waals surface area contributed by atoms with Gasteiger partial charge in [-0.05, 0) is 44.7 Å². The van der Waals surface area contributed by atoms with Crippen LogP contribution in [-0.4, -0.2) is 53.0 Å². The van der Waals surface area contributed by atoms with Gasteiger partial charge < -0.3 is 9.30 Å². The Balaban J connectivity index is 1.50. The van der Waals surface area contributed by atoms with E-state index in [1.165, 1.54) is 4.57 Å². The fourth-order valence-corrected chi connectivity index (χ4v) is 5.44. The molecule has 0 spiro atoms. The molecular weight excluding hydrogens is 556 g/mol. The molecule has 0 aliphatic heterocycles. The summed E-state index contributed by atoms with van der Waals surface area (Å²) in [6.07, 6.45) is 0.613. The summed E-state index contributed by atoms with van der Waals surface area (Å²) in [7, 11) is 1.59. The molecule has 1 N–H and O–H groups in total. The summed E-state index contributed by atoms with van der Waals surface area (Å²) in [5.74, 6) is 1.34. The maximum atomic E-state index is 14.2. The Hall–Kier alpha value is -5.16. The van der Waals surface area contributed by atoms with Gasteiger partial charge >= 0.3 is 5.69 Å². The molecule has 6 aromatic rings. The van der Waals surface area contributed by atoms with Crippen LogP contribution in [0.2, 0.25) is 0 Å². The third kappa shape index (κ3) is 5.61. The minimum Gasteiger partial charge on any atom is -0.383 e. The van der Waals surface area contributed by atoms with E-state index in [1.54, 1.807) is 23.8 Å². The van der Waals surface area contributed by atoms with Crippen LogP contribution >= 0.6 is 0 Å². The predicted molar refractivity (Wildman–Crippen MR) is 169 cm³/mol. The molecule has 0 aliphatic rings. The minimum atomic E-state index is -0.442. The SMILES string of the molecule is COCCn1c(=O)n(-c2ccccc2)c(=O)c2c1nc(CC(C)(C)C)n2Cc1ccc(-c2ccccc2-c2nnn[nH]2)cc1. The molecule has 0 radical (unpaired) electrons. The Morgan fingerprint density at radius 2 is 1.57 bits per heavy atom. The molecule has 0 saturated heterocycles. The van der Waals surface area contributed by atoms with Crippen LogP contribution in [-0.2, 0) is 24.2 Å². The molecule has 0 fully saturated rings. The number of hydrogen-bond acceptors (Lipinski definition) is 7. The summed E-state index contributed by atoms with van der Waals surface area (Å²) >= 11 is 0. The first kappa shape index (κ1) is 28.9.